The summed E-state index contributed by atoms with van der Waals surface area (Å²) in [4.78, 5) is 12.2. The van der Waals surface area contributed by atoms with E-state index in [0.717, 1.165) is 22.0 Å². The summed E-state index contributed by atoms with van der Waals surface area (Å²) in [6, 6.07) is 15.8. The van der Waals surface area contributed by atoms with Gasteiger partial charge in [-0.05, 0) is 29.2 Å². The van der Waals surface area contributed by atoms with Gasteiger partial charge in [0.15, 0.2) is 5.82 Å². The first-order valence-electron chi connectivity index (χ1n) is 7.68. The van der Waals surface area contributed by atoms with Crippen LogP contribution in [0.3, 0.4) is 0 Å². The number of fused-ring (bicyclic) bond motifs is 1. The summed E-state index contributed by atoms with van der Waals surface area (Å²) in [7, 11) is 0. The summed E-state index contributed by atoms with van der Waals surface area (Å²) in [6.07, 6.45) is 1.69. The van der Waals surface area contributed by atoms with Gasteiger partial charge in [-0.15, -0.1) is 0 Å². The maximum atomic E-state index is 12.2. The van der Waals surface area contributed by atoms with E-state index in [1.807, 2.05) is 42.5 Å². The first-order valence-corrected chi connectivity index (χ1v) is 7.68. The highest BCUT2D eigenvalue weighted by atomic mass is 16.2. The minimum atomic E-state index is -0.0958. The third-order valence-electron chi connectivity index (χ3n) is 3.73. The lowest BCUT2D eigenvalue weighted by molar-refractivity contribution is -0.115. The quantitative estimate of drug-likeness (QED) is 0.655. The van der Waals surface area contributed by atoms with Gasteiger partial charge in [0.2, 0.25) is 5.91 Å². The molecule has 0 atom stereocenters. The Balaban J connectivity index is 1.68. The van der Waals surface area contributed by atoms with Gasteiger partial charge in [0.05, 0.1) is 6.42 Å². The molecule has 0 aliphatic carbocycles. The minimum Gasteiger partial charge on any atom is -0.396 e. The number of H-pyrrole nitrogens is 1. The van der Waals surface area contributed by atoms with Gasteiger partial charge in [0.1, 0.15) is 0 Å². The molecule has 3 aromatic rings. The largest absolute Gasteiger partial charge is 0.396 e. The van der Waals surface area contributed by atoms with Crippen LogP contribution in [-0.2, 0) is 17.6 Å². The number of benzene rings is 2. The molecule has 5 heteroatoms. The smallest absolute Gasteiger partial charge is 0.230 e. The van der Waals surface area contributed by atoms with Crippen molar-refractivity contribution in [2.45, 2.75) is 19.3 Å². The molecule has 3 rings (SSSR count). The van der Waals surface area contributed by atoms with Crippen LogP contribution in [0.4, 0.5) is 5.82 Å². The average molecular weight is 309 g/mol. The highest BCUT2D eigenvalue weighted by Crippen LogP contribution is 2.19. The number of aliphatic hydroxyl groups is 1. The minimum absolute atomic E-state index is 0.0958. The van der Waals surface area contributed by atoms with Crippen molar-refractivity contribution in [2.24, 2.45) is 0 Å². The predicted octanol–water partition coefficient (Wildman–Crippen LogP) is 2.67. The van der Waals surface area contributed by atoms with Crippen molar-refractivity contribution in [3.05, 3.63) is 59.8 Å². The lowest BCUT2D eigenvalue weighted by atomic mass is 10.0. The van der Waals surface area contributed by atoms with E-state index in [1.165, 1.54) is 0 Å². The number of amides is 1. The molecule has 0 aliphatic heterocycles. The van der Waals surface area contributed by atoms with Gasteiger partial charge in [-0.25, -0.2) is 0 Å². The second kappa shape index (κ2) is 7.07. The van der Waals surface area contributed by atoms with E-state index in [9.17, 15) is 4.79 Å². The van der Waals surface area contributed by atoms with E-state index in [2.05, 4.69) is 15.5 Å². The van der Waals surface area contributed by atoms with Crippen molar-refractivity contribution < 1.29 is 9.90 Å². The topological polar surface area (TPSA) is 78.0 Å². The number of anilines is 1. The predicted molar refractivity (Wildman–Crippen MR) is 90.3 cm³/mol. The Kier molecular flexibility index (Phi) is 4.68. The Morgan fingerprint density at radius 3 is 2.87 bits per heavy atom. The molecule has 23 heavy (non-hydrogen) atoms. The summed E-state index contributed by atoms with van der Waals surface area (Å²) in [5.74, 6) is 0.421. The van der Waals surface area contributed by atoms with E-state index in [1.54, 1.807) is 6.07 Å². The summed E-state index contributed by atoms with van der Waals surface area (Å²) in [6.45, 7) is 0.141. The molecule has 0 saturated carbocycles. The molecular formula is C18H19N3O2. The third-order valence-corrected chi connectivity index (χ3v) is 3.73. The lowest BCUT2D eigenvalue weighted by Crippen LogP contribution is -2.14. The fraction of sp³-hybridized carbons (Fsp3) is 0.222. The van der Waals surface area contributed by atoms with Crippen LogP contribution in [0.5, 0.6) is 0 Å². The molecule has 0 radical (unpaired) electrons. The molecule has 1 aromatic heterocycles. The monoisotopic (exact) mass is 309 g/mol. The molecule has 2 aromatic carbocycles. The number of nitrogens with one attached hydrogen (secondary N) is 2. The standard InChI is InChI=1S/C18H19N3O2/c22-10-4-8-15-12-17(21-20-15)19-18(23)11-14-7-3-6-13-5-1-2-9-16(13)14/h1-3,5-7,9,12,22H,4,8,10-11H2,(H2,19,20,21,23). The Bertz CT molecular complexity index is 805. The Morgan fingerprint density at radius 2 is 2.00 bits per heavy atom. The van der Waals surface area contributed by atoms with Gasteiger partial charge < -0.3 is 10.4 Å². The fourth-order valence-electron chi connectivity index (χ4n) is 2.63. The Morgan fingerprint density at radius 1 is 1.17 bits per heavy atom. The van der Waals surface area contributed by atoms with Crippen molar-refractivity contribution in [1.82, 2.24) is 10.2 Å². The molecule has 0 saturated heterocycles. The van der Waals surface area contributed by atoms with Crippen molar-refractivity contribution in [3.63, 3.8) is 0 Å². The van der Waals surface area contributed by atoms with Gasteiger partial charge in [-0.3, -0.25) is 9.89 Å². The summed E-state index contributed by atoms with van der Waals surface area (Å²) in [5.41, 5.74) is 1.90. The van der Waals surface area contributed by atoms with Crippen molar-refractivity contribution in [3.8, 4) is 0 Å². The summed E-state index contributed by atoms with van der Waals surface area (Å²) >= 11 is 0. The van der Waals surface area contributed by atoms with Crippen molar-refractivity contribution >= 4 is 22.5 Å². The normalized spacial score (nSPS) is 10.8. The number of hydrogen-bond acceptors (Lipinski definition) is 3. The lowest BCUT2D eigenvalue weighted by Gasteiger charge is -2.06. The highest BCUT2D eigenvalue weighted by molar-refractivity contribution is 5.95. The Hall–Kier alpha value is -2.66. The molecule has 5 nitrogen and oxygen atoms in total. The van der Waals surface area contributed by atoms with Crippen molar-refractivity contribution in [1.29, 1.82) is 0 Å². The van der Waals surface area contributed by atoms with Gasteiger partial charge in [0, 0.05) is 18.4 Å². The number of aromatic nitrogens is 2. The first-order chi connectivity index (χ1) is 11.3. The van der Waals surface area contributed by atoms with E-state index < -0.39 is 0 Å². The van der Waals surface area contributed by atoms with Gasteiger partial charge in [-0.1, -0.05) is 42.5 Å². The van der Waals surface area contributed by atoms with Crippen LogP contribution >= 0.6 is 0 Å². The Labute approximate surface area is 134 Å². The number of nitrogens with zero attached hydrogens (tertiary/aromatic N) is 1. The SMILES string of the molecule is O=C(Cc1cccc2ccccc12)Nc1cc(CCCO)[nH]n1. The summed E-state index contributed by atoms with van der Waals surface area (Å²) < 4.78 is 0. The van der Waals surface area contributed by atoms with Crippen LogP contribution in [0.1, 0.15) is 17.7 Å². The van der Waals surface area contributed by atoms with Crippen LogP contribution in [0.25, 0.3) is 10.8 Å². The zero-order chi connectivity index (χ0) is 16.1. The van der Waals surface area contributed by atoms with Gasteiger partial charge >= 0.3 is 0 Å². The van der Waals surface area contributed by atoms with Gasteiger partial charge in [0.25, 0.3) is 0 Å². The molecule has 1 heterocycles. The fourth-order valence-corrected chi connectivity index (χ4v) is 2.63. The maximum absolute atomic E-state index is 12.2. The number of carbonyl (C=O) groups excluding carboxylic acids is 1. The number of hydrogen-bond donors (Lipinski definition) is 3. The van der Waals surface area contributed by atoms with E-state index >= 15 is 0 Å². The zero-order valence-electron chi connectivity index (χ0n) is 12.7. The molecule has 118 valence electrons. The number of aliphatic hydroxyl groups excluding tert-OH is 1. The van der Waals surface area contributed by atoms with Crippen molar-refractivity contribution in [2.75, 3.05) is 11.9 Å². The first kappa shape index (κ1) is 15.2. The number of aryl methyl sites for hydroxylation is 1. The van der Waals surface area contributed by atoms with Crippen LogP contribution < -0.4 is 5.32 Å². The highest BCUT2D eigenvalue weighted by Gasteiger charge is 2.09. The zero-order valence-corrected chi connectivity index (χ0v) is 12.7. The maximum Gasteiger partial charge on any atom is 0.230 e. The summed E-state index contributed by atoms with van der Waals surface area (Å²) in [5, 5.41) is 20.8. The molecule has 3 N–H and O–H groups in total. The second-order valence-electron chi connectivity index (χ2n) is 5.47. The van der Waals surface area contributed by atoms with E-state index in [4.69, 9.17) is 5.11 Å². The van der Waals surface area contributed by atoms with Crippen LogP contribution in [0.15, 0.2) is 48.5 Å². The third kappa shape index (κ3) is 3.76. The molecule has 0 unspecified atom stereocenters. The molecule has 0 spiro atoms. The van der Waals surface area contributed by atoms with Crippen LogP contribution in [0, 0.1) is 0 Å². The number of aromatic amines is 1. The second-order valence-corrected chi connectivity index (χ2v) is 5.47. The molecule has 0 bridgehead atoms. The van der Waals surface area contributed by atoms with Crippen LogP contribution in [-0.4, -0.2) is 27.8 Å². The van der Waals surface area contributed by atoms with Gasteiger partial charge in [-0.2, -0.15) is 5.10 Å². The number of carbonyl (C=O) groups is 1. The molecular weight excluding hydrogens is 290 g/mol. The van der Waals surface area contributed by atoms with E-state index in [0.29, 0.717) is 25.1 Å². The molecule has 1 amide bonds. The van der Waals surface area contributed by atoms with E-state index in [-0.39, 0.29) is 12.5 Å². The van der Waals surface area contributed by atoms with Crippen LogP contribution in [0.2, 0.25) is 0 Å². The molecule has 0 fully saturated rings. The number of rotatable bonds is 6. The molecule has 0 aliphatic rings. The average Bonchev–Trinajstić information content (AvgIpc) is 3.00.